The molecule has 2 aromatic heterocycles. The number of rotatable bonds is 5. The van der Waals surface area contributed by atoms with Crippen molar-refractivity contribution in [3.8, 4) is 16.9 Å². The van der Waals surface area contributed by atoms with Crippen molar-refractivity contribution in [3.05, 3.63) is 102 Å². The Morgan fingerprint density at radius 1 is 1.03 bits per heavy atom. The molecule has 5 nitrogen and oxygen atoms in total. The highest BCUT2D eigenvalue weighted by Crippen LogP contribution is 2.25. The third-order valence-electron chi connectivity index (χ3n) is 5.16. The number of carbonyl (C=O) groups is 1. The highest BCUT2D eigenvalue weighted by atomic mass is 16.1. The van der Waals surface area contributed by atoms with Crippen molar-refractivity contribution in [2.75, 3.05) is 0 Å². The number of aromatic nitrogens is 3. The Morgan fingerprint density at radius 3 is 2.57 bits per heavy atom. The topological polar surface area (TPSA) is 59.8 Å². The molecular weight excluding hydrogens is 372 g/mol. The van der Waals surface area contributed by atoms with Crippen LogP contribution in [0.1, 0.15) is 40.0 Å². The van der Waals surface area contributed by atoms with Crippen molar-refractivity contribution in [2.24, 2.45) is 0 Å². The van der Waals surface area contributed by atoms with Gasteiger partial charge in [0.25, 0.3) is 5.91 Å². The largest absolute Gasteiger partial charge is 0.345 e. The van der Waals surface area contributed by atoms with E-state index in [-0.39, 0.29) is 11.9 Å². The highest BCUT2D eigenvalue weighted by Gasteiger charge is 2.21. The Hall–Kier alpha value is -3.73. The molecular formula is C25H24N4O. The van der Waals surface area contributed by atoms with Crippen LogP contribution in [0.5, 0.6) is 0 Å². The second-order valence-electron chi connectivity index (χ2n) is 7.47. The van der Waals surface area contributed by atoms with E-state index in [0.717, 1.165) is 22.4 Å². The predicted molar refractivity (Wildman–Crippen MR) is 119 cm³/mol. The molecule has 0 saturated carbocycles. The van der Waals surface area contributed by atoms with E-state index in [9.17, 15) is 4.79 Å². The fourth-order valence-electron chi connectivity index (χ4n) is 3.55. The van der Waals surface area contributed by atoms with Crippen LogP contribution in [0.15, 0.2) is 79.3 Å². The SMILES string of the molecule is Cc1ccc(C)c(C(C)NC(=O)c2cn(-c3ccccc3)nc2-c2cccnc2)c1. The summed E-state index contributed by atoms with van der Waals surface area (Å²) < 4.78 is 1.74. The Bertz CT molecular complexity index is 1170. The van der Waals surface area contributed by atoms with Gasteiger partial charge in [-0.2, -0.15) is 5.10 Å². The molecule has 0 fully saturated rings. The minimum absolute atomic E-state index is 0.126. The molecule has 0 radical (unpaired) electrons. The second-order valence-corrected chi connectivity index (χ2v) is 7.47. The zero-order valence-electron chi connectivity index (χ0n) is 17.3. The van der Waals surface area contributed by atoms with Gasteiger partial charge in [0, 0.05) is 24.2 Å². The van der Waals surface area contributed by atoms with Gasteiger partial charge in [0.2, 0.25) is 0 Å². The van der Waals surface area contributed by atoms with E-state index in [1.807, 2.05) is 49.4 Å². The average molecular weight is 396 g/mol. The van der Waals surface area contributed by atoms with Crippen molar-refractivity contribution in [3.63, 3.8) is 0 Å². The summed E-state index contributed by atoms with van der Waals surface area (Å²) in [6.45, 7) is 6.12. The van der Waals surface area contributed by atoms with Crippen LogP contribution in [0.25, 0.3) is 16.9 Å². The lowest BCUT2D eigenvalue weighted by Crippen LogP contribution is -2.27. The molecule has 1 amide bonds. The molecule has 30 heavy (non-hydrogen) atoms. The minimum Gasteiger partial charge on any atom is -0.345 e. The molecule has 1 N–H and O–H groups in total. The van der Waals surface area contributed by atoms with Crippen molar-refractivity contribution >= 4 is 5.91 Å². The van der Waals surface area contributed by atoms with Gasteiger partial charge in [-0.1, -0.05) is 42.0 Å². The van der Waals surface area contributed by atoms with Gasteiger partial charge in [-0.05, 0) is 56.2 Å². The number of nitrogens with one attached hydrogen (secondary N) is 1. The van der Waals surface area contributed by atoms with E-state index in [4.69, 9.17) is 5.10 Å². The molecule has 1 unspecified atom stereocenters. The Balaban J connectivity index is 1.70. The lowest BCUT2D eigenvalue weighted by molar-refractivity contribution is 0.0940. The molecule has 0 aliphatic heterocycles. The molecule has 4 aromatic rings. The lowest BCUT2D eigenvalue weighted by Gasteiger charge is -2.17. The molecule has 0 saturated heterocycles. The van der Waals surface area contributed by atoms with Crippen LogP contribution in [-0.2, 0) is 0 Å². The van der Waals surface area contributed by atoms with Crippen LogP contribution >= 0.6 is 0 Å². The Kier molecular flexibility index (Phi) is 5.44. The summed E-state index contributed by atoms with van der Waals surface area (Å²) in [6, 6.07) is 19.7. The molecule has 4 rings (SSSR count). The maximum Gasteiger partial charge on any atom is 0.255 e. The van der Waals surface area contributed by atoms with Gasteiger partial charge < -0.3 is 5.32 Å². The van der Waals surface area contributed by atoms with Gasteiger partial charge in [0.1, 0.15) is 5.69 Å². The zero-order valence-corrected chi connectivity index (χ0v) is 17.3. The predicted octanol–water partition coefficient (Wildman–Crippen LogP) is 5.04. The van der Waals surface area contributed by atoms with Crippen LogP contribution in [-0.4, -0.2) is 20.7 Å². The van der Waals surface area contributed by atoms with E-state index in [0.29, 0.717) is 11.3 Å². The first-order chi connectivity index (χ1) is 14.5. The van der Waals surface area contributed by atoms with Crippen LogP contribution in [0.3, 0.4) is 0 Å². The molecule has 2 heterocycles. The van der Waals surface area contributed by atoms with Gasteiger partial charge in [-0.3, -0.25) is 9.78 Å². The van der Waals surface area contributed by atoms with Gasteiger partial charge in [-0.25, -0.2) is 4.68 Å². The Morgan fingerprint density at radius 2 is 1.83 bits per heavy atom. The van der Waals surface area contributed by atoms with Crippen LogP contribution in [0, 0.1) is 13.8 Å². The summed E-state index contributed by atoms with van der Waals surface area (Å²) in [6.07, 6.45) is 5.21. The number of nitrogens with zero attached hydrogens (tertiary/aromatic N) is 3. The van der Waals surface area contributed by atoms with E-state index in [2.05, 4.69) is 42.3 Å². The average Bonchev–Trinajstić information content (AvgIpc) is 3.22. The number of benzene rings is 2. The molecule has 2 aromatic carbocycles. The zero-order chi connectivity index (χ0) is 21.1. The quantitative estimate of drug-likeness (QED) is 0.514. The fourth-order valence-corrected chi connectivity index (χ4v) is 3.55. The summed E-state index contributed by atoms with van der Waals surface area (Å²) in [5.41, 5.74) is 6.26. The molecule has 5 heteroatoms. The third-order valence-corrected chi connectivity index (χ3v) is 5.16. The Labute approximate surface area is 176 Å². The van der Waals surface area contributed by atoms with Crippen LogP contribution in [0.2, 0.25) is 0 Å². The summed E-state index contributed by atoms with van der Waals surface area (Å²) in [5, 5.41) is 7.84. The van der Waals surface area contributed by atoms with Gasteiger partial charge in [0.05, 0.1) is 17.3 Å². The van der Waals surface area contributed by atoms with E-state index in [1.165, 1.54) is 5.56 Å². The van der Waals surface area contributed by atoms with Crippen LogP contribution < -0.4 is 5.32 Å². The number of hydrogen-bond donors (Lipinski definition) is 1. The summed E-state index contributed by atoms with van der Waals surface area (Å²) in [4.78, 5) is 17.5. The van der Waals surface area contributed by atoms with Gasteiger partial charge in [-0.15, -0.1) is 0 Å². The standard InChI is InChI=1S/C25H24N4O/c1-17-11-12-18(2)22(14-17)19(3)27-25(30)23-16-29(21-9-5-4-6-10-21)28-24(23)20-8-7-13-26-15-20/h4-16,19H,1-3H3,(H,27,30). The summed E-state index contributed by atoms with van der Waals surface area (Å²) >= 11 is 0. The van der Waals surface area contributed by atoms with Crippen molar-refractivity contribution in [1.82, 2.24) is 20.1 Å². The molecule has 0 aliphatic carbocycles. The van der Waals surface area contributed by atoms with Gasteiger partial charge in [0.15, 0.2) is 0 Å². The third kappa shape index (κ3) is 4.01. The number of carbonyl (C=O) groups excluding carboxylic acids is 1. The van der Waals surface area contributed by atoms with Gasteiger partial charge >= 0.3 is 0 Å². The van der Waals surface area contributed by atoms with Crippen molar-refractivity contribution in [1.29, 1.82) is 0 Å². The first kappa shape index (κ1) is 19.6. The number of para-hydroxylation sites is 1. The first-order valence-electron chi connectivity index (χ1n) is 9.96. The molecule has 0 aliphatic rings. The van der Waals surface area contributed by atoms with E-state index in [1.54, 1.807) is 23.3 Å². The normalized spacial score (nSPS) is 11.8. The second kappa shape index (κ2) is 8.33. The summed E-state index contributed by atoms with van der Waals surface area (Å²) in [7, 11) is 0. The van der Waals surface area contributed by atoms with E-state index < -0.39 is 0 Å². The maximum absolute atomic E-state index is 13.3. The van der Waals surface area contributed by atoms with Crippen molar-refractivity contribution < 1.29 is 4.79 Å². The molecule has 0 spiro atoms. The smallest absolute Gasteiger partial charge is 0.255 e. The molecule has 0 bridgehead atoms. The number of pyridine rings is 1. The minimum atomic E-state index is -0.163. The van der Waals surface area contributed by atoms with Crippen LogP contribution in [0.4, 0.5) is 0 Å². The molecule has 150 valence electrons. The fraction of sp³-hybridized carbons (Fsp3) is 0.160. The number of amides is 1. The lowest BCUT2D eigenvalue weighted by atomic mass is 9.99. The monoisotopic (exact) mass is 396 g/mol. The summed E-state index contributed by atoms with van der Waals surface area (Å²) in [5.74, 6) is -0.163. The maximum atomic E-state index is 13.3. The highest BCUT2D eigenvalue weighted by molar-refractivity contribution is 6.00. The van der Waals surface area contributed by atoms with Crippen molar-refractivity contribution in [2.45, 2.75) is 26.8 Å². The number of aryl methyl sites for hydroxylation is 2. The first-order valence-corrected chi connectivity index (χ1v) is 9.96. The van der Waals surface area contributed by atoms with E-state index >= 15 is 0 Å². The molecule has 1 atom stereocenters. The number of hydrogen-bond acceptors (Lipinski definition) is 3.